The van der Waals surface area contributed by atoms with Crippen LogP contribution in [0.15, 0.2) is 65.7 Å². The first-order valence-corrected chi connectivity index (χ1v) is 14.7. The molecule has 1 aromatic heterocycles. The van der Waals surface area contributed by atoms with Gasteiger partial charge in [-0.25, -0.2) is 0 Å². The number of amides is 2. The van der Waals surface area contributed by atoms with E-state index in [1.54, 1.807) is 12.1 Å². The van der Waals surface area contributed by atoms with Crippen LogP contribution in [-0.2, 0) is 4.79 Å². The van der Waals surface area contributed by atoms with E-state index in [0.29, 0.717) is 60.7 Å². The van der Waals surface area contributed by atoms with E-state index >= 15 is 0 Å². The Morgan fingerprint density at radius 2 is 1.77 bits per heavy atom. The van der Waals surface area contributed by atoms with E-state index < -0.39 is 6.04 Å². The zero-order chi connectivity index (χ0) is 31.2. The number of phenols is 2. The SMILES string of the molecule is CCNC(=O)C[C@@H]1N=C(c2ccc(Cl)cc2)c2cc(OCCCCNC(=O)c3ccc(O)c(O)c3)ccc2-n2c(C)nnc21. The molecular weight excluding hydrogens is 584 g/mol. The van der Waals surface area contributed by atoms with Gasteiger partial charge in [0.15, 0.2) is 17.3 Å². The first-order chi connectivity index (χ1) is 21.2. The van der Waals surface area contributed by atoms with Gasteiger partial charge in [0.2, 0.25) is 5.91 Å². The van der Waals surface area contributed by atoms with Crippen molar-refractivity contribution in [1.82, 2.24) is 25.4 Å². The number of benzene rings is 3. The van der Waals surface area contributed by atoms with E-state index in [-0.39, 0.29) is 35.3 Å². The van der Waals surface area contributed by atoms with E-state index in [4.69, 9.17) is 21.3 Å². The summed E-state index contributed by atoms with van der Waals surface area (Å²) in [5.74, 6) is 0.809. The maximum atomic E-state index is 12.7. The number of aliphatic imine (C=N–C) groups is 1. The zero-order valence-corrected chi connectivity index (χ0v) is 25.1. The molecule has 11 nitrogen and oxygen atoms in total. The highest BCUT2D eigenvalue weighted by Crippen LogP contribution is 2.34. The Bertz CT molecular complexity index is 1700. The third kappa shape index (κ3) is 6.84. The number of ether oxygens (including phenoxy) is 1. The predicted molar refractivity (Wildman–Crippen MR) is 166 cm³/mol. The first-order valence-electron chi connectivity index (χ1n) is 14.3. The van der Waals surface area contributed by atoms with Crippen molar-refractivity contribution >= 4 is 29.1 Å². The molecule has 3 aromatic carbocycles. The van der Waals surface area contributed by atoms with Gasteiger partial charge in [0.25, 0.3) is 5.91 Å². The topological polar surface area (TPSA) is 151 Å². The van der Waals surface area contributed by atoms with Gasteiger partial charge in [-0.15, -0.1) is 10.2 Å². The van der Waals surface area contributed by atoms with Crippen LogP contribution in [0, 0.1) is 6.92 Å². The van der Waals surface area contributed by atoms with Gasteiger partial charge in [0, 0.05) is 34.8 Å². The minimum absolute atomic E-state index is 0.116. The van der Waals surface area contributed by atoms with E-state index in [0.717, 1.165) is 16.8 Å². The molecule has 0 bridgehead atoms. The van der Waals surface area contributed by atoms with Crippen LogP contribution >= 0.6 is 11.6 Å². The number of carbonyl (C=O) groups excluding carboxylic acids is 2. The summed E-state index contributed by atoms with van der Waals surface area (Å²) in [5, 5.41) is 34.0. The van der Waals surface area contributed by atoms with Crippen molar-refractivity contribution in [3.8, 4) is 22.9 Å². The van der Waals surface area contributed by atoms with Crippen molar-refractivity contribution in [1.29, 1.82) is 0 Å². The molecule has 228 valence electrons. The summed E-state index contributed by atoms with van der Waals surface area (Å²) >= 11 is 6.19. The van der Waals surface area contributed by atoms with Gasteiger partial charge >= 0.3 is 0 Å². The molecule has 12 heteroatoms. The number of rotatable bonds is 11. The number of halogens is 1. The highest BCUT2D eigenvalue weighted by molar-refractivity contribution is 6.30. The molecule has 0 aliphatic carbocycles. The standard InChI is InChI=1S/C32H33ClN6O5/c1-3-34-29(42)18-25-31-38-37-19(2)39(31)26-12-11-23(17-24(26)30(36-25)20-6-9-22(33)10-7-20)44-15-5-4-14-35-32(43)21-8-13-27(40)28(41)16-21/h6-13,16-17,25,40-41H,3-5,14-15,18H2,1-2H3,(H,34,42)(H,35,43)/t25-/m0/s1. The predicted octanol–water partition coefficient (Wildman–Crippen LogP) is 4.65. The molecule has 44 heavy (non-hydrogen) atoms. The number of phenolic OH excluding ortho intramolecular Hbond substituents is 2. The van der Waals surface area contributed by atoms with Crippen molar-refractivity contribution in [2.24, 2.45) is 4.99 Å². The molecule has 1 aliphatic rings. The molecule has 1 atom stereocenters. The third-order valence-corrected chi connectivity index (χ3v) is 7.38. The van der Waals surface area contributed by atoms with E-state index in [1.165, 1.54) is 18.2 Å². The largest absolute Gasteiger partial charge is 0.504 e. The lowest BCUT2D eigenvalue weighted by molar-refractivity contribution is -0.121. The van der Waals surface area contributed by atoms with Crippen LogP contribution < -0.4 is 15.4 Å². The Morgan fingerprint density at radius 1 is 0.977 bits per heavy atom. The maximum Gasteiger partial charge on any atom is 0.251 e. The lowest BCUT2D eigenvalue weighted by atomic mass is 10.00. The molecule has 0 saturated carbocycles. The van der Waals surface area contributed by atoms with Crippen LogP contribution in [0.4, 0.5) is 0 Å². The molecule has 2 amide bonds. The quantitative estimate of drug-likeness (QED) is 0.141. The van der Waals surface area contributed by atoms with Gasteiger partial charge in [-0.1, -0.05) is 23.7 Å². The van der Waals surface area contributed by atoms with Crippen molar-refractivity contribution < 1.29 is 24.5 Å². The zero-order valence-electron chi connectivity index (χ0n) is 24.4. The Hall–Kier alpha value is -4.90. The molecule has 2 heterocycles. The summed E-state index contributed by atoms with van der Waals surface area (Å²) in [6.45, 7) is 5.09. The molecule has 0 radical (unpaired) electrons. The normalized spacial score (nSPS) is 13.7. The molecule has 0 unspecified atom stereocenters. The third-order valence-electron chi connectivity index (χ3n) is 7.13. The number of carbonyl (C=O) groups is 2. The van der Waals surface area contributed by atoms with Crippen LogP contribution in [0.1, 0.15) is 65.4 Å². The van der Waals surface area contributed by atoms with E-state index in [2.05, 4.69) is 20.8 Å². The van der Waals surface area contributed by atoms with Gasteiger partial charge < -0.3 is 25.6 Å². The second-order valence-corrected chi connectivity index (χ2v) is 10.7. The highest BCUT2D eigenvalue weighted by Gasteiger charge is 2.30. The number of unbranched alkanes of at least 4 members (excludes halogenated alkanes) is 1. The second kappa shape index (κ2) is 13.6. The number of nitrogens with one attached hydrogen (secondary N) is 2. The molecule has 4 aromatic rings. The Labute approximate surface area is 259 Å². The number of aryl methyl sites for hydroxylation is 1. The minimum Gasteiger partial charge on any atom is -0.504 e. The molecule has 4 N–H and O–H groups in total. The van der Waals surface area contributed by atoms with E-state index in [1.807, 2.05) is 48.7 Å². The summed E-state index contributed by atoms with van der Waals surface area (Å²) in [6.07, 6.45) is 1.47. The molecule has 1 aliphatic heterocycles. The number of aromatic nitrogens is 3. The van der Waals surface area contributed by atoms with Crippen molar-refractivity contribution in [2.75, 3.05) is 19.7 Å². The fraction of sp³-hybridized carbons (Fsp3) is 0.281. The number of fused-ring (bicyclic) bond motifs is 3. The number of hydrogen-bond acceptors (Lipinski definition) is 8. The summed E-state index contributed by atoms with van der Waals surface area (Å²) in [6, 6.07) is 16.5. The Kier molecular flexibility index (Phi) is 9.44. The average molecular weight is 617 g/mol. The lowest BCUT2D eigenvalue weighted by Crippen LogP contribution is -2.25. The molecule has 0 saturated heterocycles. The summed E-state index contributed by atoms with van der Waals surface area (Å²) in [5.41, 5.74) is 3.41. The van der Waals surface area contributed by atoms with Gasteiger partial charge in [0.1, 0.15) is 17.6 Å². The van der Waals surface area contributed by atoms with Crippen molar-refractivity contribution in [3.63, 3.8) is 0 Å². The molecule has 0 fully saturated rings. The van der Waals surface area contributed by atoms with E-state index in [9.17, 15) is 19.8 Å². The smallest absolute Gasteiger partial charge is 0.251 e. The van der Waals surface area contributed by atoms with Crippen LogP contribution in [-0.4, -0.2) is 62.2 Å². The first kappa shape index (κ1) is 30.6. The Balaban J connectivity index is 1.33. The van der Waals surface area contributed by atoms with Gasteiger partial charge in [-0.3, -0.25) is 19.1 Å². The van der Waals surface area contributed by atoms with Crippen molar-refractivity contribution in [2.45, 2.75) is 39.2 Å². The molecular formula is C32H33ClN6O5. The van der Waals surface area contributed by atoms with Crippen LogP contribution in [0.3, 0.4) is 0 Å². The van der Waals surface area contributed by atoms with Gasteiger partial charge in [0.05, 0.1) is 24.4 Å². The fourth-order valence-corrected chi connectivity index (χ4v) is 5.10. The van der Waals surface area contributed by atoms with Crippen molar-refractivity contribution in [3.05, 3.63) is 94.0 Å². The fourth-order valence-electron chi connectivity index (χ4n) is 4.97. The molecule has 5 rings (SSSR count). The maximum absolute atomic E-state index is 12.7. The minimum atomic E-state index is -0.564. The summed E-state index contributed by atoms with van der Waals surface area (Å²) in [7, 11) is 0. The summed E-state index contributed by atoms with van der Waals surface area (Å²) in [4.78, 5) is 30.1. The highest BCUT2D eigenvalue weighted by atomic mass is 35.5. The monoisotopic (exact) mass is 616 g/mol. The average Bonchev–Trinajstić information content (AvgIpc) is 3.33. The molecule has 0 spiro atoms. The number of aromatic hydroxyl groups is 2. The number of nitrogens with zero attached hydrogens (tertiary/aromatic N) is 4. The lowest BCUT2D eigenvalue weighted by Gasteiger charge is -2.15. The van der Waals surface area contributed by atoms with Gasteiger partial charge in [-0.05, 0) is 75.2 Å². The Morgan fingerprint density at radius 3 is 2.52 bits per heavy atom. The van der Waals surface area contributed by atoms with Crippen LogP contribution in [0.2, 0.25) is 5.02 Å². The van der Waals surface area contributed by atoms with Crippen LogP contribution in [0.25, 0.3) is 5.69 Å². The summed E-state index contributed by atoms with van der Waals surface area (Å²) < 4.78 is 8.04. The van der Waals surface area contributed by atoms with Crippen LogP contribution in [0.5, 0.6) is 17.2 Å². The number of hydrogen-bond donors (Lipinski definition) is 4. The van der Waals surface area contributed by atoms with Gasteiger partial charge in [-0.2, -0.15) is 0 Å². The second-order valence-electron chi connectivity index (χ2n) is 10.3.